The summed E-state index contributed by atoms with van der Waals surface area (Å²) in [5.41, 5.74) is 6.01. The number of rotatable bonds is 4. The van der Waals surface area contributed by atoms with E-state index in [2.05, 4.69) is 5.32 Å². The smallest absolute Gasteiger partial charge is 0.224 e. The zero-order chi connectivity index (χ0) is 13.0. The van der Waals surface area contributed by atoms with E-state index in [9.17, 15) is 9.18 Å². The largest absolute Gasteiger partial charge is 0.399 e. The van der Waals surface area contributed by atoms with Gasteiger partial charge in [0.05, 0.1) is 5.69 Å². The molecule has 0 bridgehead atoms. The highest BCUT2D eigenvalue weighted by molar-refractivity contribution is 5.90. The van der Waals surface area contributed by atoms with E-state index in [1.54, 1.807) is 6.07 Å². The summed E-state index contributed by atoms with van der Waals surface area (Å²) in [6.45, 7) is 0. The Morgan fingerprint density at radius 3 is 2.78 bits per heavy atom. The molecule has 0 radical (unpaired) electrons. The maximum Gasteiger partial charge on any atom is 0.224 e. The zero-order valence-corrected chi connectivity index (χ0v) is 10.4. The number of amides is 1. The molecule has 1 aliphatic rings. The molecule has 1 aromatic rings. The summed E-state index contributed by atoms with van der Waals surface area (Å²) in [5.74, 6) is 0.0711. The Kier molecular flexibility index (Phi) is 4.18. The highest BCUT2D eigenvalue weighted by Gasteiger charge is 2.16. The molecule has 0 aromatic heterocycles. The van der Waals surface area contributed by atoms with E-state index in [-0.39, 0.29) is 11.6 Å². The van der Waals surface area contributed by atoms with Crippen molar-refractivity contribution >= 4 is 17.3 Å². The molecule has 3 N–H and O–H groups in total. The van der Waals surface area contributed by atoms with Gasteiger partial charge >= 0.3 is 0 Å². The number of nitrogens with two attached hydrogens (primary N) is 1. The third-order valence-electron chi connectivity index (χ3n) is 3.52. The lowest BCUT2D eigenvalue weighted by molar-refractivity contribution is -0.116. The maximum atomic E-state index is 13.5. The molecule has 1 fully saturated rings. The summed E-state index contributed by atoms with van der Waals surface area (Å²) in [5, 5.41) is 2.59. The molecule has 18 heavy (non-hydrogen) atoms. The molecule has 0 unspecified atom stereocenters. The van der Waals surface area contributed by atoms with Crippen LogP contribution in [0.15, 0.2) is 18.2 Å². The highest BCUT2D eigenvalue weighted by atomic mass is 19.1. The van der Waals surface area contributed by atoms with Crippen LogP contribution in [0.2, 0.25) is 0 Å². The van der Waals surface area contributed by atoms with Crippen LogP contribution in [0.3, 0.4) is 0 Å². The van der Waals surface area contributed by atoms with Crippen molar-refractivity contribution in [1.82, 2.24) is 0 Å². The summed E-state index contributed by atoms with van der Waals surface area (Å²) >= 11 is 0. The molecule has 98 valence electrons. The van der Waals surface area contributed by atoms with E-state index in [0.717, 1.165) is 6.42 Å². The second-order valence-corrected chi connectivity index (χ2v) is 4.98. The first-order valence-corrected chi connectivity index (χ1v) is 6.50. The fourth-order valence-electron chi connectivity index (χ4n) is 2.48. The molecule has 4 heteroatoms. The van der Waals surface area contributed by atoms with Crippen molar-refractivity contribution in [3.63, 3.8) is 0 Å². The minimum atomic E-state index is -0.482. The molecule has 3 nitrogen and oxygen atoms in total. The second kappa shape index (κ2) is 5.85. The van der Waals surface area contributed by atoms with Gasteiger partial charge in [-0.3, -0.25) is 4.79 Å². The van der Waals surface area contributed by atoms with E-state index < -0.39 is 5.82 Å². The van der Waals surface area contributed by atoms with Crippen LogP contribution in [0.5, 0.6) is 0 Å². The Morgan fingerprint density at radius 1 is 1.39 bits per heavy atom. The highest BCUT2D eigenvalue weighted by Crippen LogP contribution is 2.28. The SMILES string of the molecule is Nc1ccc(NC(=O)CCC2CCCC2)c(F)c1. The van der Waals surface area contributed by atoms with Gasteiger partial charge < -0.3 is 11.1 Å². The normalized spacial score (nSPS) is 15.8. The molecule has 0 aliphatic heterocycles. The van der Waals surface area contributed by atoms with Crippen molar-refractivity contribution in [2.45, 2.75) is 38.5 Å². The molecule has 0 heterocycles. The van der Waals surface area contributed by atoms with Crippen molar-refractivity contribution < 1.29 is 9.18 Å². The predicted molar refractivity (Wildman–Crippen MR) is 70.6 cm³/mol. The Labute approximate surface area is 107 Å². The lowest BCUT2D eigenvalue weighted by Gasteiger charge is -2.10. The lowest BCUT2D eigenvalue weighted by atomic mass is 10.0. The van der Waals surface area contributed by atoms with Crippen LogP contribution in [0.25, 0.3) is 0 Å². The van der Waals surface area contributed by atoms with Crippen molar-refractivity contribution in [2.24, 2.45) is 5.92 Å². The fraction of sp³-hybridized carbons (Fsp3) is 0.500. The average molecular weight is 250 g/mol. The predicted octanol–water partition coefficient (Wildman–Crippen LogP) is 3.32. The standard InChI is InChI=1S/C14H19FN2O/c15-12-9-11(16)6-7-13(12)17-14(18)8-5-10-3-1-2-4-10/h6-7,9-10H,1-5,8,16H2,(H,17,18). The van der Waals surface area contributed by atoms with Gasteiger partial charge in [-0.25, -0.2) is 4.39 Å². The van der Waals surface area contributed by atoms with Gasteiger partial charge in [-0.2, -0.15) is 0 Å². The molecule has 1 saturated carbocycles. The van der Waals surface area contributed by atoms with Gasteiger partial charge in [-0.15, -0.1) is 0 Å². The van der Waals surface area contributed by atoms with Crippen LogP contribution in [0.4, 0.5) is 15.8 Å². The third-order valence-corrected chi connectivity index (χ3v) is 3.52. The molecule has 0 spiro atoms. The number of nitrogen functional groups attached to an aromatic ring is 1. The molecule has 1 aliphatic carbocycles. The number of hydrogen-bond donors (Lipinski definition) is 2. The topological polar surface area (TPSA) is 55.1 Å². The van der Waals surface area contributed by atoms with Gasteiger partial charge in [0.15, 0.2) is 0 Å². The number of anilines is 2. The van der Waals surface area contributed by atoms with Crippen molar-refractivity contribution in [3.05, 3.63) is 24.0 Å². The summed E-state index contributed by atoms with van der Waals surface area (Å²) < 4.78 is 13.5. The number of benzene rings is 1. The molecular weight excluding hydrogens is 231 g/mol. The Hall–Kier alpha value is -1.58. The van der Waals surface area contributed by atoms with Crippen LogP contribution in [0, 0.1) is 11.7 Å². The Balaban J connectivity index is 1.82. The van der Waals surface area contributed by atoms with E-state index in [1.807, 2.05) is 0 Å². The summed E-state index contributed by atoms with van der Waals surface area (Å²) in [6, 6.07) is 4.29. The minimum Gasteiger partial charge on any atom is -0.399 e. The van der Waals surface area contributed by atoms with Crippen LogP contribution in [0.1, 0.15) is 38.5 Å². The molecule has 1 amide bonds. The van der Waals surface area contributed by atoms with Gasteiger partial charge in [-0.05, 0) is 30.5 Å². The summed E-state index contributed by atoms with van der Waals surface area (Å²) in [6.07, 6.45) is 6.38. The first kappa shape index (κ1) is 12.9. The maximum absolute atomic E-state index is 13.5. The number of halogens is 1. The van der Waals surface area contributed by atoms with Crippen molar-refractivity contribution in [2.75, 3.05) is 11.1 Å². The molecule has 1 aromatic carbocycles. The van der Waals surface area contributed by atoms with Gasteiger partial charge in [0.1, 0.15) is 5.82 Å². The quantitative estimate of drug-likeness (QED) is 0.805. The molecule has 2 rings (SSSR count). The summed E-state index contributed by atoms with van der Waals surface area (Å²) in [7, 11) is 0. The van der Waals surface area contributed by atoms with E-state index in [4.69, 9.17) is 5.73 Å². The second-order valence-electron chi connectivity index (χ2n) is 4.98. The van der Waals surface area contributed by atoms with Crippen molar-refractivity contribution in [3.8, 4) is 0 Å². The van der Waals surface area contributed by atoms with Crippen molar-refractivity contribution in [1.29, 1.82) is 0 Å². The molecular formula is C14H19FN2O. The number of nitrogens with one attached hydrogen (secondary N) is 1. The van der Waals surface area contributed by atoms with Crippen LogP contribution in [-0.4, -0.2) is 5.91 Å². The number of carbonyl (C=O) groups is 1. The number of carbonyl (C=O) groups excluding carboxylic acids is 1. The monoisotopic (exact) mass is 250 g/mol. The lowest BCUT2D eigenvalue weighted by Crippen LogP contribution is -2.13. The summed E-state index contributed by atoms with van der Waals surface area (Å²) in [4.78, 5) is 11.7. The number of hydrogen-bond acceptors (Lipinski definition) is 2. The van der Waals surface area contributed by atoms with Gasteiger partial charge in [-0.1, -0.05) is 25.7 Å². The average Bonchev–Trinajstić information content (AvgIpc) is 2.83. The van der Waals surface area contributed by atoms with Crippen LogP contribution in [-0.2, 0) is 4.79 Å². The van der Waals surface area contributed by atoms with Gasteiger partial charge in [0.25, 0.3) is 0 Å². The first-order chi connectivity index (χ1) is 8.65. The minimum absolute atomic E-state index is 0.120. The van der Waals surface area contributed by atoms with Gasteiger partial charge in [0.2, 0.25) is 5.91 Å². The van der Waals surface area contributed by atoms with Crippen LogP contribution < -0.4 is 11.1 Å². The Morgan fingerprint density at radius 2 is 2.11 bits per heavy atom. The van der Waals surface area contributed by atoms with Gasteiger partial charge in [0, 0.05) is 12.1 Å². The fourth-order valence-corrected chi connectivity index (χ4v) is 2.48. The zero-order valence-electron chi connectivity index (χ0n) is 10.4. The van der Waals surface area contributed by atoms with E-state index >= 15 is 0 Å². The van der Waals surface area contributed by atoms with E-state index in [0.29, 0.717) is 18.0 Å². The third kappa shape index (κ3) is 3.45. The van der Waals surface area contributed by atoms with E-state index in [1.165, 1.54) is 37.8 Å². The molecule has 0 saturated heterocycles. The Bertz CT molecular complexity index is 428. The van der Waals surface area contributed by atoms with Crippen LogP contribution >= 0.6 is 0 Å². The first-order valence-electron chi connectivity index (χ1n) is 6.50. The molecule has 0 atom stereocenters.